The second-order valence-electron chi connectivity index (χ2n) is 4.07. The van der Waals surface area contributed by atoms with Crippen molar-refractivity contribution in [2.24, 2.45) is 0 Å². The number of halogens is 4. The number of alkyl halides is 3. The molecule has 1 amide bonds. The van der Waals surface area contributed by atoms with Crippen LogP contribution in [0.5, 0.6) is 0 Å². The van der Waals surface area contributed by atoms with Crippen LogP contribution >= 0.6 is 11.6 Å². The predicted molar refractivity (Wildman–Crippen MR) is 67.7 cm³/mol. The van der Waals surface area contributed by atoms with Gasteiger partial charge in [0.25, 0.3) is 5.91 Å². The molecule has 1 heterocycles. The summed E-state index contributed by atoms with van der Waals surface area (Å²) in [6, 6.07) is 3.16. The van der Waals surface area contributed by atoms with E-state index in [-0.39, 0.29) is 11.4 Å². The van der Waals surface area contributed by atoms with Crippen molar-refractivity contribution in [1.29, 1.82) is 0 Å². The van der Waals surface area contributed by atoms with Crippen molar-refractivity contribution in [3.63, 3.8) is 0 Å². The molecule has 0 fully saturated rings. The lowest BCUT2D eigenvalue weighted by atomic mass is 10.2. The second-order valence-corrected chi connectivity index (χ2v) is 4.48. The van der Waals surface area contributed by atoms with Gasteiger partial charge in [-0.05, 0) is 30.7 Å². The van der Waals surface area contributed by atoms with Crippen LogP contribution in [-0.4, -0.2) is 16.1 Å². The van der Waals surface area contributed by atoms with Gasteiger partial charge >= 0.3 is 6.18 Å². The van der Waals surface area contributed by atoms with Gasteiger partial charge in [-0.3, -0.25) is 9.89 Å². The Kier molecular flexibility index (Phi) is 3.71. The second kappa shape index (κ2) is 5.16. The van der Waals surface area contributed by atoms with E-state index in [2.05, 4.69) is 15.5 Å². The van der Waals surface area contributed by atoms with Crippen molar-refractivity contribution >= 4 is 23.2 Å². The fourth-order valence-corrected chi connectivity index (χ4v) is 1.81. The van der Waals surface area contributed by atoms with E-state index >= 15 is 0 Å². The molecule has 1 aromatic heterocycles. The van der Waals surface area contributed by atoms with Gasteiger partial charge in [-0.1, -0.05) is 11.6 Å². The average Bonchev–Trinajstić information content (AvgIpc) is 2.76. The third kappa shape index (κ3) is 2.93. The minimum atomic E-state index is -4.58. The summed E-state index contributed by atoms with van der Waals surface area (Å²) in [4.78, 5) is 11.8. The summed E-state index contributed by atoms with van der Waals surface area (Å²) in [5, 5.41) is 8.07. The van der Waals surface area contributed by atoms with Gasteiger partial charge < -0.3 is 5.32 Å². The molecule has 4 nitrogen and oxygen atoms in total. The molecule has 0 radical (unpaired) electrons. The average molecular weight is 304 g/mol. The van der Waals surface area contributed by atoms with Gasteiger partial charge in [-0.25, -0.2) is 0 Å². The van der Waals surface area contributed by atoms with Crippen molar-refractivity contribution in [3.05, 3.63) is 46.2 Å². The number of rotatable bonds is 2. The number of aryl methyl sites for hydroxylation is 1. The van der Waals surface area contributed by atoms with Crippen molar-refractivity contribution in [1.82, 2.24) is 10.2 Å². The van der Waals surface area contributed by atoms with Crippen LogP contribution in [0.4, 0.5) is 18.9 Å². The number of benzene rings is 1. The summed E-state index contributed by atoms with van der Waals surface area (Å²) in [6.45, 7) is 1.65. The maximum Gasteiger partial charge on any atom is 0.417 e. The largest absolute Gasteiger partial charge is 0.417 e. The monoisotopic (exact) mass is 303 g/mol. The first-order chi connectivity index (χ1) is 9.29. The third-order valence-corrected chi connectivity index (χ3v) is 2.92. The Balaban J connectivity index is 2.27. The van der Waals surface area contributed by atoms with Crippen LogP contribution in [0.3, 0.4) is 0 Å². The molecule has 8 heteroatoms. The standard InChI is InChI=1S/C12H9ClF3N3O/c1-6-5-17-19-10(6)11(20)18-7-2-3-9(13)8(4-7)12(14,15)16/h2-5H,1H3,(H,17,19)(H,18,20). The van der Waals surface area contributed by atoms with Crippen LogP contribution in [0.2, 0.25) is 5.02 Å². The number of hydrogen-bond donors (Lipinski definition) is 2. The van der Waals surface area contributed by atoms with E-state index in [4.69, 9.17) is 11.6 Å². The molecule has 0 aliphatic rings. The molecule has 20 heavy (non-hydrogen) atoms. The Hall–Kier alpha value is -2.02. The molecule has 0 aliphatic heterocycles. The fraction of sp³-hybridized carbons (Fsp3) is 0.167. The number of anilines is 1. The number of hydrogen-bond acceptors (Lipinski definition) is 2. The highest BCUT2D eigenvalue weighted by molar-refractivity contribution is 6.31. The molecule has 2 rings (SSSR count). The molecule has 0 atom stereocenters. The van der Waals surface area contributed by atoms with Crippen LogP contribution < -0.4 is 5.32 Å². The van der Waals surface area contributed by atoms with Crippen molar-refractivity contribution in [2.45, 2.75) is 13.1 Å². The normalized spacial score (nSPS) is 11.4. The number of carbonyl (C=O) groups excluding carboxylic acids is 1. The highest BCUT2D eigenvalue weighted by atomic mass is 35.5. The van der Waals surface area contributed by atoms with E-state index in [0.29, 0.717) is 5.56 Å². The summed E-state index contributed by atoms with van der Waals surface area (Å²) in [7, 11) is 0. The summed E-state index contributed by atoms with van der Waals surface area (Å²) in [5.74, 6) is -0.574. The smallest absolute Gasteiger partial charge is 0.321 e. The van der Waals surface area contributed by atoms with Gasteiger partial charge in [0.05, 0.1) is 16.8 Å². The zero-order valence-electron chi connectivity index (χ0n) is 10.2. The summed E-state index contributed by atoms with van der Waals surface area (Å²) >= 11 is 5.49. The molecule has 106 valence electrons. The van der Waals surface area contributed by atoms with Crippen molar-refractivity contribution in [2.75, 3.05) is 5.32 Å². The molecular formula is C12H9ClF3N3O. The minimum absolute atomic E-state index is 0.000671. The van der Waals surface area contributed by atoms with Crippen LogP contribution in [0.1, 0.15) is 21.6 Å². The highest BCUT2D eigenvalue weighted by Gasteiger charge is 2.33. The van der Waals surface area contributed by atoms with Crippen molar-refractivity contribution in [3.8, 4) is 0 Å². The van der Waals surface area contributed by atoms with Crippen LogP contribution in [0, 0.1) is 6.92 Å². The summed E-state index contributed by atoms with van der Waals surface area (Å²) < 4.78 is 38.1. The fourth-order valence-electron chi connectivity index (χ4n) is 1.59. The Labute approximate surface area is 116 Å². The molecule has 0 bridgehead atoms. The quantitative estimate of drug-likeness (QED) is 0.890. The van der Waals surface area contributed by atoms with Gasteiger partial charge in [-0.15, -0.1) is 0 Å². The first-order valence-corrected chi connectivity index (χ1v) is 5.85. The number of amides is 1. The minimum Gasteiger partial charge on any atom is -0.321 e. The predicted octanol–water partition coefficient (Wildman–Crippen LogP) is 3.64. The Bertz CT molecular complexity index is 652. The SMILES string of the molecule is Cc1cn[nH]c1C(=O)Nc1ccc(Cl)c(C(F)(F)F)c1. The van der Waals surface area contributed by atoms with Crippen LogP contribution in [-0.2, 0) is 6.18 Å². The van der Waals surface area contributed by atoms with E-state index in [1.165, 1.54) is 12.3 Å². The Morgan fingerprint density at radius 3 is 2.65 bits per heavy atom. The Morgan fingerprint density at radius 1 is 1.40 bits per heavy atom. The maximum absolute atomic E-state index is 12.7. The zero-order valence-corrected chi connectivity index (χ0v) is 10.9. The molecule has 1 aromatic carbocycles. The van der Waals surface area contributed by atoms with Gasteiger partial charge in [0.2, 0.25) is 0 Å². The summed E-state index contributed by atoms with van der Waals surface area (Å²) in [6.07, 6.45) is -3.14. The maximum atomic E-state index is 12.7. The van der Waals surface area contributed by atoms with Crippen molar-refractivity contribution < 1.29 is 18.0 Å². The molecule has 0 unspecified atom stereocenters. The highest BCUT2D eigenvalue weighted by Crippen LogP contribution is 2.36. The lowest BCUT2D eigenvalue weighted by Gasteiger charge is -2.11. The summed E-state index contributed by atoms with van der Waals surface area (Å²) in [5.41, 5.74) is -0.222. The van der Waals surface area contributed by atoms with E-state index < -0.39 is 22.7 Å². The number of nitrogens with zero attached hydrogens (tertiary/aromatic N) is 1. The van der Waals surface area contributed by atoms with E-state index in [1.54, 1.807) is 6.92 Å². The lowest BCUT2D eigenvalue weighted by molar-refractivity contribution is -0.137. The zero-order chi connectivity index (χ0) is 14.9. The lowest BCUT2D eigenvalue weighted by Crippen LogP contribution is -2.15. The van der Waals surface area contributed by atoms with E-state index in [0.717, 1.165) is 12.1 Å². The van der Waals surface area contributed by atoms with E-state index in [9.17, 15) is 18.0 Å². The molecule has 0 spiro atoms. The molecule has 0 saturated carbocycles. The molecular weight excluding hydrogens is 295 g/mol. The number of nitrogens with one attached hydrogen (secondary N) is 2. The number of carbonyl (C=O) groups is 1. The number of H-pyrrole nitrogens is 1. The van der Waals surface area contributed by atoms with Gasteiger partial charge in [0.15, 0.2) is 0 Å². The molecule has 2 aromatic rings. The van der Waals surface area contributed by atoms with E-state index in [1.807, 2.05) is 0 Å². The first kappa shape index (κ1) is 14.4. The van der Waals surface area contributed by atoms with Crippen LogP contribution in [0.25, 0.3) is 0 Å². The Morgan fingerprint density at radius 2 is 2.10 bits per heavy atom. The topological polar surface area (TPSA) is 57.8 Å². The van der Waals surface area contributed by atoms with Gasteiger partial charge in [-0.2, -0.15) is 18.3 Å². The van der Waals surface area contributed by atoms with Gasteiger partial charge in [0.1, 0.15) is 5.69 Å². The molecule has 0 saturated heterocycles. The first-order valence-electron chi connectivity index (χ1n) is 5.47. The number of aromatic nitrogens is 2. The third-order valence-electron chi connectivity index (χ3n) is 2.59. The molecule has 0 aliphatic carbocycles. The number of aromatic amines is 1. The van der Waals surface area contributed by atoms with Crippen LogP contribution in [0.15, 0.2) is 24.4 Å². The molecule has 2 N–H and O–H groups in total. The van der Waals surface area contributed by atoms with Gasteiger partial charge in [0, 0.05) is 5.69 Å².